The minimum atomic E-state index is -0.236. The summed E-state index contributed by atoms with van der Waals surface area (Å²) in [7, 11) is 0. The first-order chi connectivity index (χ1) is 11.2. The topological polar surface area (TPSA) is 95.1 Å². The average Bonchev–Trinajstić information content (AvgIpc) is 3.20. The number of carbonyl (C=O) groups is 1. The Morgan fingerprint density at radius 1 is 1.48 bits per heavy atom. The molecule has 0 saturated heterocycles. The quantitative estimate of drug-likeness (QED) is 0.544. The highest BCUT2D eigenvalue weighted by atomic mass is 32.1. The summed E-state index contributed by atoms with van der Waals surface area (Å²) in [6.07, 6.45) is 5.31. The number of allylic oxidation sites excluding steroid dienone is 1. The van der Waals surface area contributed by atoms with Gasteiger partial charge in [-0.2, -0.15) is 5.26 Å². The lowest BCUT2D eigenvalue weighted by Gasteiger charge is -2.03. The van der Waals surface area contributed by atoms with Gasteiger partial charge in [0, 0.05) is 35.0 Å². The Morgan fingerprint density at radius 2 is 2.35 bits per heavy atom. The number of carbonyl (C=O) groups excluding carboxylic acids is 1. The van der Waals surface area contributed by atoms with Gasteiger partial charge in [0.2, 0.25) is 5.91 Å². The van der Waals surface area contributed by atoms with Gasteiger partial charge in [-0.05, 0) is 6.92 Å². The molecule has 3 rings (SSSR count). The number of nitrogens with zero attached hydrogens (tertiary/aromatic N) is 4. The van der Waals surface area contributed by atoms with Crippen molar-refractivity contribution in [3.8, 4) is 6.07 Å². The molecule has 23 heavy (non-hydrogen) atoms. The first-order valence-corrected chi connectivity index (χ1v) is 8.40. The number of imidazole rings is 1. The minimum Gasteiger partial charge on any atom is -0.304 e. The van der Waals surface area contributed by atoms with Crippen molar-refractivity contribution in [1.82, 2.24) is 25.2 Å². The Balaban J connectivity index is 1.57. The number of fused-ring (bicyclic) bond motifs is 1. The van der Waals surface area contributed by atoms with Gasteiger partial charge in [-0.25, -0.2) is 9.97 Å². The van der Waals surface area contributed by atoms with Crippen LogP contribution in [0.4, 0.5) is 0 Å². The van der Waals surface area contributed by atoms with E-state index in [4.69, 9.17) is 5.26 Å². The molecule has 116 valence electrons. The molecule has 7 nitrogen and oxygen atoms in total. The smallest absolute Gasteiger partial charge is 0.244 e. The molecule has 9 heteroatoms. The van der Waals surface area contributed by atoms with E-state index in [2.05, 4.69) is 26.9 Å². The van der Waals surface area contributed by atoms with Crippen molar-refractivity contribution < 1.29 is 4.79 Å². The second kappa shape index (κ2) is 6.60. The lowest BCUT2D eigenvalue weighted by Crippen LogP contribution is -2.35. The number of thiazole rings is 2. The predicted molar refractivity (Wildman–Crippen MR) is 88.5 cm³/mol. The summed E-state index contributed by atoms with van der Waals surface area (Å²) in [6.45, 7) is 1.86. The maximum Gasteiger partial charge on any atom is 0.244 e. The molecular weight excluding hydrogens is 332 g/mol. The molecule has 1 amide bonds. The molecule has 0 fully saturated rings. The van der Waals surface area contributed by atoms with Crippen molar-refractivity contribution in [3.63, 3.8) is 0 Å². The van der Waals surface area contributed by atoms with Gasteiger partial charge in [0.1, 0.15) is 16.6 Å². The van der Waals surface area contributed by atoms with E-state index in [9.17, 15) is 4.79 Å². The van der Waals surface area contributed by atoms with E-state index in [0.717, 1.165) is 10.7 Å². The summed E-state index contributed by atoms with van der Waals surface area (Å²) < 4.78 is 1.87. The van der Waals surface area contributed by atoms with Crippen molar-refractivity contribution in [2.45, 2.75) is 13.3 Å². The van der Waals surface area contributed by atoms with Crippen molar-refractivity contribution in [2.75, 3.05) is 0 Å². The molecule has 3 aromatic rings. The molecule has 0 bridgehead atoms. The number of hydrazine groups is 1. The zero-order valence-corrected chi connectivity index (χ0v) is 13.7. The number of rotatable bonds is 5. The van der Waals surface area contributed by atoms with Gasteiger partial charge < -0.3 is 5.43 Å². The molecule has 2 N–H and O–H groups in total. The zero-order chi connectivity index (χ0) is 16.2. The number of nitrogens with one attached hydrogen (secondary N) is 2. The lowest BCUT2D eigenvalue weighted by atomic mass is 10.3. The van der Waals surface area contributed by atoms with Gasteiger partial charge in [0.15, 0.2) is 4.96 Å². The molecule has 3 aromatic heterocycles. The van der Waals surface area contributed by atoms with Crippen molar-refractivity contribution in [2.24, 2.45) is 0 Å². The molecule has 0 unspecified atom stereocenters. The molecule has 0 atom stereocenters. The fourth-order valence-corrected chi connectivity index (χ4v) is 3.36. The monoisotopic (exact) mass is 344 g/mol. The molecule has 0 aliphatic carbocycles. The third kappa shape index (κ3) is 3.56. The van der Waals surface area contributed by atoms with Crippen LogP contribution in [-0.2, 0) is 11.2 Å². The molecule has 0 aromatic carbocycles. The van der Waals surface area contributed by atoms with Crippen LogP contribution in [0.3, 0.4) is 0 Å². The van der Waals surface area contributed by atoms with Crippen molar-refractivity contribution in [3.05, 3.63) is 45.7 Å². The molecule has 0 saturated carbocycles. The number of aryl methyl sites for hydroxylation is 1. The average molecular weight is 344 g/mol. The Bertz CT molecular complexity index is 885. The standard InChI is InChI=1S/C14H12N6OS2/c1-9-8-23-13(17-9)10(5-15)6-16-19-12(21)4-11-7-20-2-3-22-14(20)18-11/h2-3,6-8,16H,4H2,1H3,(H,19,21)/b10-6+. The van der Waals surface area contributed by atoms with E-state index >= 15 is 0 Å². The second-order valence-electron chi connectivity index (χ2n) is 4.66. The Labute approximate surface area is 139 Å². The largest absolute Gasteiger partial charge is 0.304 e. The third-order valence-corrected chi connectivity index (χ3v) is 4.65. The maximum absolute atomic E-state index is 11.9. The van der Waals surface area contributed by atoms with Gasteiger partial charge in [0.05, 0.1) is 12.1 Å². The van der Waals surface area contributed by atoms with Crippen LogP contribution in [-0.4, -0.2) is 20.3 Å². The molecule has 0 spiro atoms. The minimum absolute atomic E-state index is 0.160. The Hall–Kier alpha value is -2.70. The van der Waals surface area contributed by atoms with Crippen LogP contribution in [0.25, 0.3) is 10.5 Å². The van der Waals surface area contributed by atoms with Gasteiger partial charge in [-0.3, -0.25) is 14.6 Å². The molecule has 0 radical (unpaired) electrons. The molecular formula is C14H12N6OS2. The zero-order valence-electron chi connectivity index (χ0n) is 12.1. The maximum atomic E-state index is 11.9. The summed E-state index contributed by atoms with van der Waals surface area (Å²) in [5.74, 6) is -0.236. The Morgan fingerprint density at radius 3 is 3.04 bits per heavy atom. The van der Waals surface area contributed by atoms with E-state index in [0.29, 0.717) is 16.3 Å². The van der Waals surface area contributed by atoms with Crippen LogP contribution in [0, 0.1) is 18.3 Å². The first kappa shape index (κ1) is 15.2. The summed E-state index contributed by atoms with van der Waals surface area (Å²) in [6, 6.07) is 2.05. The summed E-state index contributed by atoms with van der Waals surface area (Å²) >= 11 is 2.89. The number of aromatic nitrogens is 3. The van der Waals surface area contributed by atoms with Gasteiger partial charge in [-0.15, -0.1) is 22.7 Å². The highest BCUT2D eigenvalue weighted by Gasteiger charge is 2.08. The SMILES string of the molecule is Cc1csc(/C(C#N)=C/NNC(=O)Cc2cn3ccsc3n2)n1. The summed E-state index contributed by atoms with van der Waals surface area (Å²) in [5.41, 5.74) is 7.08. The van der Waals surface area contributed by atoms with Crippen LogP contribution in [0.15, 0.2) is 29.4 Å². The summed E-state index contributed by atoms with van der Waals surface area (Å²) in [4.78, 5) is 21.3. The Kier molecular flexibility index (Phi) is 4.36. The van der Waals surface area contributed by atoms with Crippen LogP contribution in [0.2, 0.25) is 0 Å². The second-order valence-corrected chi connectivity index (χ2v) is 6.39. The fourth-order valence-electron chi connectivity index (χ4n) is 1.88. The highest BCUT2D eigenvalue weighted by Crippen LogP contribution is 2.17. The van der Waals surface area contributed by atoms with Crippen LogP contribution < -0.4 is 10.9 Å². The summed E-state index contributed by atoms with van der Waals surface area (Å²) in [5, 5.41) is 13.5. The normalized spacial score (nSPS) is 11.4. The molecule has 3 heterocycles. The van der Waals surface area contributed by atoms with Crippen LogP contribution in [0.5, 0.6) is 0 Å². The molecule has 0 aliphatic heterocycles. The van der Waals surface area contributed by atoms with E-state index in [1.54, 1.807) is 0 Å². The van der Waals surface area contributed by atoms with E-state index < -0.39 is 0 Å². The number of hydrogen-bond acceptors (Lipinski definition) is 7. The number of hydrogen-bond donors (Lipinski definition) is 2. The van der Waals surface area contributed by atoms with Gasteiger partial charge >= 0.3 is 0 Å². The van der Waals surface area contributed by atoms with E-state index in [-0.39, 0.29) is 12.3 Å². The highest BCUT2D eigenvalue weighted by molar-refractivity contribution is 7.15. The van der Waals surface area contributed by atoms with Crippen LogP contribution in [0.1, 0.15) is 16.4 Å². The third-order valence-electron chi connectivity index (χ3n) is 2.88. The predicted octanol–water partition coefficient (Wildman–Crippen LogP) is 1.89. The van der Waals surface area contributed by atoms with E-state index in [1.165, 1.54) is 28.9 Å². The van der Waals surface area contributed by atoms with E-state index in [1.807, 2.05) is 34.5 Å². The van der Waals surface area contributed by atoms with Crippen molar-refractivity contribution in [1.29, 1.82) is 5.26 Å². The molecule has 0 aliphatic rings. The van der Waals surface area contributed by atoms with Gasteiger partial charge in [0.25, 0.3) is 0 Å². The van der Waals surface area contributed by atoms with Gasteiger partial charge in [-0.1, -0.05) is 0 Å². The lowest BCUT2D eigenvalue weighted by molar-refractivity contribution is -0.121. The van der Waals surface area contributed by atoms with Crippen LogP contribution >= 0.6 is 22.7 Å². The first-order valence-electron chi connectivity index (χ1n) is 6.64. The van der Waals surface area contributed by atoms with Crippen molar-refractivity contribution >= 4 is 39.1 Å². The number of amides is 1. The number of nitriles is 1. The fraction of sp³-hybridized carbons (Fsp3) is 0.143.